The van der Waals surface area contributed by atoms with Crippen molar-refractivity contribution >= 4 is 21.7 Å². The Bertz CT molecular complexity index is 596. The van der Waals surface area contributed by atoms with E-state index < -0.39 is 10.0 Å². The highest BCUT2D eigenvalue weighted by Crippen LogP contribution is 2.12. The highest BCUT2D eigenvalue weighted by molar-refractivity contribution is 7.88. The van der Waals surface area contributed by atoms with Gasteiger partial charge in [0.1, 0.15) is 0 Å². The molecule has 7 heteroatoms. The minimum absolute atomic E-state index is 0.418. The molecule has 0 aliphatic carbocycles. The van der Waals surface area contributed by atoms with Crippen LogP contribution in [-0.4, -0.2) is 51.7 Å². The lowest BCUT2D eigenvalue weighted by Gasteiger charge is -2.30. The molecule has 1 aliphatic heterocycles. The first-order valence-electron chi connectivity index (χ1n) is 8.11. The Kier molecular flexibility index (Phi) is 6.85. The average Bonchev–Trinajstić information content (AvgIpc) is 2.54. The molecule has 1 aromatic rings. The van der Waals surface area contributed by atoms with Crippen molar-refractivity contribution in [1.82, 2.24) is 9.62 Å². The van der Waals surface area contributed by atoms with E-state index in [0.717, 1.165) is 24.7 Å². The lowest BCUT2D eigenvalue weighted by molar-refractivity contribution is 0.340. The molecular weight excluding hydrogens is 312 g/mol. The Hall–Kier alpha value is -1.60. The number of guanidine groups is 1. The maximum atomic E-state index is 11.0. The SMILES string of the molecule is CS(=O)(=O)NCCCN=C(Nc1ccccc1)N1CCCCC1. The predicted molar refractivity (Wildman–Crippen MR) is 95.3 cm³/mol. The third kappa shape index (κ3) is 7.00. The van der Waals surface area contributed by atoms with Crippen molar-refractivity contribution in [2.75, 3.05) is 37.8 Å². The molecule has 0 bridgehead atoms. The zero-order valence-corrected chi connectivity index (χ0v) is 14.5. The largest absolute Gasteiger partial charge is 0.343 e. The van der Waals surface area contributed by atoms with E-state index in [2.05, 4.69) is 19.9 Å². The van der Waals surface area contributed by atoms with Gasteiger partial charge in [-0.25, -0.2) is 13.1 Å². The van der Waals surface area contributed by atoms with Gasteiger partial charge in [0.05, 0.1) is 6.26 Å². The van der Waals surface area contributed by atoms with Gasteiger partial charge in [-0.05, 0) is 37.8 Å². The molecule has 2 N–H and O–H groups in total. The van der Waals surface area contributed by atoms with Crippen LogP contribution >= 0.6 is 0 Å². The molecular formula is C16H26N4O2S. The number of aliphatic imine (C=N–C) groups is 1. The summed E-state index contributed by atoms with van der Waals surface area (Å²) in [4.78, 5) is 6.94. The summed E-state index contributed by atoms with van der Waals surface area (Å²) in [6.45, 7) is 3.04. The molecule has 6 nitrogen and oxygen atoms in total. The van der Waals surface area contributed by atoms with Crippen LogP contribution in [0.15, 0.2) is 35.3 Å². The van der Waals surface area contributed by atoms with Crippen LogP contribution in [0.25, 0.3) is 0 Å². The Balaban J connectivity index is 1.93. The summed E-state index contributed by atoms with van der Waals surface area (Å²) in [5.74, 6) is 0.884. The van der Waals surface area contributed by atoms with Gasteiger partial charge >= 0.3 is 0 Å². The maximum Gasteiger partial charge on any atom is 0.208 e. The fourth-order valence-corrected chi connectivity index (χ4v) is 3.01. The Morgan fingerprint density at radius 2 is 1.87 bits per heavy atom. The van der Waals surface area contributed by atoms with Gasteiger partial charge in [-0.2, -0.15) is 0 Å². The van der Waals surface area contributed by atoms with Gasteiger partial charge in [0, 0.05) is 31.9 Å². The zero-order chi connectivity index (χ0) is 16.5. The van der Waals surface area contributed by atoms with Crippen molar-refractivity contribution < 1.29 is 8.42 Å². The number of sulfonamides is 1. The van der Waals surface area contributed by atoms with Gasteiger partial charge in [-0.15, -0.1) is 0 Å². The highest BCUT2D eigenvalue weighted by atomic mass is 32.2. The van der Waals surface area contributed by atoms with E-state index in [0.29, 0.717) is 19.5 Å². The first-order valence-corrected chi connectivity index (χ1v) is 10.00. The van der Waals surface area contributed by atoms with Crippen molar-refractivity contribution in [3.63, 3.8) is 0 Å². The van der Waals surface area contributed by atoms with Gasteiger partial charge < -0.3 is 10.2 Å². The molecule has 0 amide bonds. The standard InChI is InChI=1S/C16H26N4O2S/c1-23(21,22)18-12-8-11-17-16(20-13-6-3-7-14-20)19-15-9-4-2-5-10-15/h2,4-5,9-10,18H,3,6-8,11-14H2,1H3,(H,17,19). The molecule has 2 rings (SSSR count). The molecule has 1 aliphatic rings. The van der Waals surface area contributed by atoms with Gasteiger partial charge in [-0.3, -0.25) is 4.99 Å². The number of nitrogens with one attached hydrogen (secondary N) is 2. The van der Waals surface area contributed by atoms with Crippen LogP contribution in [0.5, 0.6) is 0 Å². The summed E-state index contributed by atoms with van der Waals surface area (Å²) in [6, 6.07) is 10.0. The zero-order valence-electron chi connectivity index (χ0n) is 13.7. The van der Waals surface area contributed by atoms with Crippen LogP contribution in [0.1, 0.15) is 25.7 Å². The summed E-state index contributed by atoms with van der Waals surface area (Å²) < 4.78 is 24.6. The van der Waals surface area contributed by atoms with Crippen LogP contribution in [0.2, 0.25) is 0 Å². The highest BCUT2D eigenvalue weighted by Gasteiger charge is 2.14. The number of hydrogen-bond acceptors (Lipinski definition) is 3. The van der Waals surface area contributed by atoms with Gasteiger partial charge in [0.15, 0.2) is 5.96 Å². The van der Waals surface area contributed by atoms with Crippen LogP contribution in [0.4, 0.5) is 5.69 Å². The van der Waals surface area contributed by atoms with E-state index in [1.807, 2.05) is 30.3 Å². The number of para-hydroxylation sites is 1. The lowest BCUT2D eigenvalue weighted by atomic mass is 10.1. The summed E-state index contributed by atoms with van der Waals surface area (Å²) in [5.41, 5.74) is 1.02. The number of piperidine rings is 1. The number of likely N-dealkylation sites (tertiary alicyclic amines) is 1. The van der Waals surface area contributed by atoms with Crippen molar-refractivity contribution in [2.45, 2.75) is 25.7 Å². The van der Waals surface area contributed by atoms with Crippen LogP contribution < -0.4 is 10.0 Å². The molecule has 1 fully saturated rings. The molecule has 0 spiro atoms. The van der Waals surface area contributed by atoms with Gasteiger partial charge in [0.2, 0.25) is 10.0 Å². The van der Waals surface area contributed by atoms with E-state index in [1.54, 1.807) is 0 Å². The number of nitrogens with zero attached hydrogens (tertiary/aromatic N) is 2. The Morgan fingerprint density at radius 3 is 2.52 bits per heavy atom. The van der Waals surface area contributed by atoms with Gasteiger partial charge in [0.25, 0.3) is 0 Å². The van der Waals surface area contributed by atoms with Crippen LogP contribution in [0.3, 0.4) is 0 Å². The predicted octanol–water partition coefficient (Wildman–Crippen LogP) is 1.88. The molecule has 128 valence electrons. The summed E-state index contributed by atoms with van der Waals surface area (Å²) in [7, 11) is -3.12. The second kappa shape index (κ2) is 8.88. The molecule has 23 heavy (non-hydrogen) atoms. The maximum absolute atomic E-state index is 11.0. The quantitative estimate of drug-likeness (QED) is 0.472. The molecule has 1 saturated heterocycles. The molecule has 1 heterocycles. The average molecular weight is 338 g/mol. The fraction of sp³-hybridized carbons (Fsp3) is 0.562. The summed E-state index contributed by atoms with van der Waals surface area (Å²) >= 11 is 0. The summed E-state index contributed by atoms with van der Waals surface area (Å²) in [5, 5.41) is 3.39. The molecule has 0 atom stereocenters. The number of benzene rings is 1. The van der Waals surface area contributed by atoms with E-state index in [-0.39, 0.29) is 0 Å². The number of hydrogen-bond donors (Lipinski definition) is 2. The van der Waals surface area contributed by atoms with Crippen molar-refractivity contribution in [1.29, 1.82) is 0 Å². The second-order valence-electron chi connectivity index (χ2n) is 5.76. The van der Waals surface area contributed by atoms with E-state index in [1.165, 1.54) is 25.5 Å². The molecule has 0 aromatic heterocycles. The third-order valence-corrected chi connectivity index (χ3v) is 4.37. The van der Waals surface area contributed by atoms with Gasteiger partial charge in [-0.1, -0.05) is 18.2 Å². The fourth-order valence-electron chi connectivity index (χ4n) is 2.50. The third-order valence-electron chi connectivity index (χ3n) is 3.65. The molecule has 1 aromatic carbocycles. The molecule has 0 unspecified atom stereocenters. The van der Waals surface area contributed by atoms with Crippen molar-refractivity contribution in [3.8, 4) is 0 Å². The minimum Gasteiger partial charge on any atom is -0.343 e. The van der Waals surface area contributed by atoms with Crippen LogP contribution in [0, 0.1) is 0 Å². The van der Waals surface area contributed by atoms with E-state index in [9.17, 15) is 8.42 Å². The van der Waals surface area contributed by atoms with E-state index >= 15 is 0 Å². The number of anilines is 1. The second-order valence-corrected chi connectivity index (χ2v) is 7.60. The first kappa shape index (κ1) is 17.7. The van der Waals surface area contributed by atoms with Crippen molar-refractivity contribution in [2.24, 2.45) is 4.99 Å². The summed E-state index contributed by atoms with van der Waals surface area (Å²) in [6.07, 6.45) is 5.50. The topological polar surface area (TPSA) is 73.8 Å². The Labute approximate surface area is 139 Å². The molecule has 0 saturated carbocycles. The van der Waals surface area contributed by atoms with E-state index in [4.69, 9.17) is 0 Å². The van der Waals surface area contributed by atoms with Crippen LogP contribution in [-0.2, 0) is 10.0 Å². The normalized spacial score (nSPS) is 16.4. The number of rotatable bonds is 6. The monoisotopic (exact) mass is 338 g/mol. The molecule has 0 radical (unpaired) electrons. The smallest absolute Gasteiger partial charge is 0.208 e. The van der Waals surface area contributed by atoms with Crippen molar-refractivity contribution in [3.05, 3.63) is 30.3 Å². The Morgan fingerprint density at radius 1 is 1.17 bits per heavy atom. The lowest BCUT2D eigenvalue weighted by Crippen LogP contribution is -2.40. The first-order chi connectivity index (χ1) is 11.0. The minimum atomic E-state index is -3.12.